The highest BCUT2D eigenvalue weighted by molar-refractivity contribution is 7.14. The molecule has 0 aliphatic heterocycles. The zero-order valence-corrected chi connectivity index (χ0v) is 15.2. The predicted octanol–water partition coefficient (Wildman–Crippen LogP) is 2.08. The van der Waals surface area contributed by atoms with E-state index in [2.05, 4.69) is 30.6 Å². The molecule has 4 rings (SSSR count). The molecule has 0 unspecified atom stereocenters. The highest BCUT2D eigenvalue weighted by Gasteiger charge is 2.11. The summed E-state index contributed by atoms with van der Waals surface area (Å²) in [5.74, 6) is -0.231. The van der Waals surface area contributed by atoms with Crippen LogP contribution in [0.15, 0.2) is 48.5 Å². The third-order valence-electron chi connectivity index (χ3n) is 3.81. The number of carbonyl (C=O) groups is 2. The van der Waals surface area contributed by atoms with Crippen LogP contribution in [0.5, 0.6) is 0 Å². The number of amides is 3. The number of hydrogen-bond donors (Lipinski definition) is 3. The third-order valence-corrected chi connectivity index (χ3v) is 4.57. The molecular weight excluding hydrogens is 380 g/mol. The van der Waals surface area contributed by atoms with Crippen molar-refractivity contribution in [2.75, 3.05) is 10.6 Å². The van der Waals surface area contributed by atoms with Crippen molar-refractivity contribution in [3.63, 3.8) is 0 Å². The summed E-state index contributed by atoms with van der Waals surface area (Å²) in [4.78, 5) is 39.7. The molecule has 28 heavy (non-hydrogen) atoms. The van der Waals surface area contributed by atoms with E-state index in [9.17, 15) is 9.59 Å². The number of urea groups is 1. The lowest BCUT2D eigenvalue weighted by Gasteiger charge is -2.04. The average Bonchev–Trinajstić information content (AvgIpc) is 3.29. The maximum Gasteiger partial charge on any atom is 0.316 e. The SMILES string of the molecule is NC(=O)Nc1ccc(-c2csc(NC(=O)Cn3cnc4ncncc43)n2)cc1. The van der Waals surface area contributed by atoms with Gasteiger partial charge >= 0.3 is 6.03 Å². The number of rotatable bonds is 5. The van der Waals surface area contributed by atoms with Gasteiger partial charge in [0.15, 0.2) is 10.8 Å². The van der Waals surface area contributed by atoms with E-state index in [4.69, 9.17) is 5.73 Å². The molecule has 0 bridgehead atoms. The number of hydrogen-bond acceptors (Lipinski definition) is 7. The fourth-order valence-electron chi connectivity index (χ4n) is 2.57. The molecule has 0 aliphatic carbocycles. The minimum absolute atomic E-state index is 0.0757. The molecule has 3 amide bonds. The van der Waals surface area contributed by atoms with Crippen molar-refractivity contribution < 1.29 is 9.59 Å². The van der Waals surface area contributed by atoms with Gasteiger partial charge in [-0.05, 0) is 12.1 Å². The lowest BCUT2D eigenvalue weighted by atomic mass is 10.1. The number of nitrogens with two attached hydrogens (primary N) is 1. The number of imidazole rings is 1. The first-order valence-electron chi connectivity index (χ1n) is 8.11. The van der Waals surface area contributed by atoms with Gasteiger partial charge < -0.3 is 20.9 Å². The molecule has 10 nitrogen and oxygen atoms in total. The van der Waals surface area contributed by atoms with Crippen LogP contribution in [0, 0.1) is 0 Å². The largest absolute Gasteiger partial charge is 0.351 e. The first-order valence-corrected chi connectivity index (χ1v) is 8.99. The second-order valence-electron chi connectivity index (χ2n) is 5.76. The lowest BCUT2D eigenvalue weighted by Crippen LogP contribution is -2.19. The standard InChI is InChI=1S/C17H14N8O2S/c18-16(27)22-11-3-1-10(2-4-11)12-7-28-17(23-12)24-14(26)6-25-9-21-15-13(25)5-19-8-20-15/h1-5,7-9H,6H2,(H3,18,22,27)(H,23,24,26). The number of carbonyl (C=O) groups excluding carboxylic acids is 2. The topological polar surface area (TPSA) is 141 Å². The van der Waals surface area contributed by atoms with E-state index in [1.165, 1.54) is 17.7 Å². The summed E-state index contributed by atoms with van der Waals surface area (Å²) < 4.78 is 1.67. The van der Waals surface area contributed by atoms with Crippen molar-refractivity contribution in [1.29, 1.82) is 0 Å². The molecule has 4 aromatic rings. The van der Waals surface area contributed by atoms with Crippen LogP contribution in [0.3, 0.4) is 0 Å². The van der Waals surface area contributed by atoms with Crippen LogP contribution in [-0.4, -0.2) is 36.4 Å². The number of aromatic nitrogens is 5. The van der Waals surface area contributed by atoms with Gasteiger partial charge in [-0.2, -0.15) is 0 Å². The van der Waals surface area contributed by atoms with E-state index < -0.39 is 6.03 Å². The molecule has 1 aromatic carbocycles. The van der Waals surface area contributed by atoms with E-state index >= 15 is 0 Å². The van der Waals surface area contributed by atoms with E-state index in [1.54, 1.807) is 29.2 Å². The Balaban J connectivity index is 1.43. The maximum absolute atomic E-state index is 12.3. The fraction of sp³-hybridized carbons (Fsp3) is 0.0588. The maximum atomic E-state index is 12.3. The number of nitrogens with zero attached hydrogens (tertiary/aromatic N) is 5. The van der Waals surface area contributed by atoms with E-state index in [-0.39, 0.29) is 12.5 Å². The van der Waals surface area contributed by atoms with Crippen LogP contribution in [-0.2, 0) is 11.3 Å². The van der Waals surface area contributed by atoms with E-state index in [0.29, 0.717) is 27.7 Å². The normalized spacial score (nSPS) is 10.7. The molecule has 11 heteroatoms. The second-order valence-corrected chi connectivity index (χ2v) is 6.61. The Morgan fingerprint density at radius 2 is 1.96 bits per heavy atom. The van der Waals surface area contributed by atoms with Gasteiger partial charge in [-0.15, -0.1) is 11.3 Å². The number of nitrogens with one attached hydrogen (secondary N) is 2. The summed E-state index contributed by atoms with van der Waals surface area (Å²) in [5, 5.41) is 7.60. The zero-order valence-electron chi connectivity index (χ0n) is 14.4. The molecular formula is C17H14N8O2S. The van der Waals surface area contributed by atoms with Crippen LogP contribution in [0.1, 0.15) is 0 Å². The Morgan fingerprint density at radius 1 is 1.14 bits per heavy atom. The van der Waals surface area contributed by atoms with Gasteiger partial charge in [0.1, 0.15) is 18.4 Å². The number of benzene rings is 1. The number of thiazole rings is 1. The van der Waals surface area contributed by atoms with Gasteiger partial charge in [-0.3, -0.25) is 4.79 Å². The molecule has 140 valence electrons. The molecule has 0 saturated heterocycles. The Morgan fingerprint density at radius 3 is 2.75 bits per heavy atom. The Kier molecular flexibility index (Phi) is 4.64. The van der Waals surface area contributed by atoms with Crippen molar-refractivity contribution in [3.8, 4) is 11.3 Å². The third kappa shape index (κ3) is 3.78. The van der Waals surface area contributed by atoms with Gasteiger partial charge in [-0.1, -0.05) is 12.1 Å². The van der Waals surface area contributed by atoms with E-state index in [1.807, 2.05) is 17.5 Å². The van der Waals surface area contributed by atoms with Gasteiger partial charge in [0.05, 0.1) is 18.2 Å². The van der Waals surface area contributed by atoms with Crippen molar-refractivity contribution in [1.82, 2.24) is 24.5 Å². The molecule has 0 atom stereocenters. The first kappa shape index (κ1) is 17.5. The summed E-state index contributed by atoms with van der Waals surface area (Å²) >= 11 is 1.32. The van der Waals surface area contributed by atoms with Gasteiger partial charge in [0, 0.05) is 16.6 Å². The molecule has 3 heterocycles. The number of fused-ring (bicyclic) bond motifs is 1. The molecule has 0 saturated carbocycles. The Hall–Kier alpha value is -3.86. The van der Waals surface area contributed by atoms with Gasteiger partial charge in [-0.25, -0.2) is 24.7 Å². The number of anilines is 2. The summed E-state index contributed by atoms with van der Waals surface area (Å²) in [6, 6.07) is 6.45. The molecule has 0 radical (unpaired) electrons. The summed E-state index contributed by atoms with van der Waals surface area (Å²) in [5.41, 5.74) is 8.47. The minimum Gasteiger partial charge on any atom is -0.351 e. The predicted molar refractivity (Wildman–Crippen MR) is 105 cm³/mol. The van der Waals surface area contributed by atoms with Crippen LogP contribution in [0.25, 0.3) is 22.4 Å². The van der Waals surface area contributed by atoms with Crippen LogP contribution in [0.4, 0.5) is 15.6 Å². The highest BCUT2D eigenvalue weighted by Crippen LogP contribution is 2.26. The zero-order chi connectivity index (χ0) is 19.5. The molecule has 3 aromatic heterocycles. The smallest absolute Gasteiger partial charge is 0.316 e. The molecule has 0 aliphatic rings. The minimum atomic E-state index is -0.622. The summed E-state index contributed by atoms with van der Waals surface area (Å²) in [6.45, 7) is 0.0757. The van der Waals surface area contributed by atoms with Crippen LogP contribution >= 0.6 is 11.3 Å². The van der Waals surface area contributed by atoms with Crippen molar-refractivity contribution in [3.05, 3.63) is 48.5 Å². The number of primary amides is 1. The molecule has 4 N–H and O–H groups in total. The fourth-order valence-corrected chi connectivity index (χ4v) is 3.31. The van der Waals surface area contributed by atoms with Gasteiger partial charge in [0.2, 0.25) is 5.91 Å². The van der Waals surface area contributed by atoms with Gasteiger partial charge in [0.25, 0.3) is 0 Å². The average molecular weight is 394 g/mol. The van der Waals surface area contributed by atoms with Crippen LogP contribution in [0.2, 0.25) is 0 Å². The Bertz CT molecular complexity index is 1150. The summed E-state index contributed by atoms with van der Waals surface area (Å²) in [7, 11) is 0. The van der Waals surface area contributed by atoms with E-state index in [0.717, 1.165) is 5.56 Å². The highest BCUT2D eigenvalue weighted by atomic mass is 32.1. The van der Waals surface area contributed by atoms with Crippen LogP contribution < -0.4 is 16.4 Å². The van der Waals surface area contributed by atoms with Crippen molar-refractivity contribution in [2.45, 2.75) is 6.54 Å². The summed E-state index contributed by atoms with van der Waals surface area (Å²) in [6.07, 6.45) is 4.57. The monoisotopic (exact) mass is 394 g/mol. The quantitative estimate of drug-likeness (QED) is 0.473. The lowest BCUT2D eigenvalue weighted by molar-refractivity contribution is -0.116. The van der Waals surface area contributed by atoms with Crippen molar-refractivity contribution in [2.24, 2.45) is 5.73 Å². The second kappa shape index (κ2) is 7.40. The first-order chi connectivity index (χ1) is 13.6. The Labute approximate surface area is 162 Å². The van der Waals surface area contributed by atoms with Crippen molar-refractivity contribution >= 4 is 45.3 Å². The molecule has 0 fully saturated rings. The molecule has 0 spiro atoms.